The second-order valence-corrected chi connectivity index (χ2v) is 6.47. The number of hydrogen-bond acceptors (Lipinski definition) is 5. The number of rotatable bonds is 6. The fraction of sp³-hybridized carbons (Fsp3) is 0.526. The molecule has 0 bridgehead atoms. The second kappa shape index (κ2) is 8.14. The summed E-state index contributed by atoms with van der Waals surface area (Å²) < 4.78 is 10.9. The van der Waals surface area contributed by atoms with Crippen LogP contribution in [0.3, 0.4) is 0 Å². The van der Waals surface area contributed by atoms with Gasteiger partial charge in [0.05, 0.1) is 6.61 Å². The Morgan fingerprint density at radius 1 is 1.28 bits per heavy atom. The molecule has 1 saturated heterocycles. The number of piperidine rings is 1. The third kappa shape index (κ3) is 4.38. The fourth-order valence-electron chi connectivity index (χ4n) is 3.02. The third-order valence-corrected chi connectivity index (χ3v) is 4.54. The smallest absolute Gasteiger partial charge is 0.253 e. The van der Waals surface area contributed by atoms with Crippen molar-refractivity contribution in [3.05, 3.63) is 41.5 Å². The first-order valence-electron chi connectivity index (χ1n) is 8.99. The average molecular weight is 343 g/mol. The number of nitrogens with zero attached hydrogens (tertiary/aromatic N) is 3. The largest absolute Gasteiger partial charge is 0.494 e. The highest BCUT2D eigenvalue weighted by atomic mass is 16.5. The summed E-state index contributed by atoms with van der Waals surface area (Å²) in [6.45, 7) is 6.08. The maximum absolute atomic E-state index is 12.7. The summed E-state index contributed by atoms with van der Waals surface area (Å²) in [7, 11) is 0. The van der Waals surface area contributed by atoms with Crippen LogP contribution in [0, 0.1) is 6.92 Å². The molecule has 0 saturated carbocycles. The third-order valence-electron chi connectivity index (χ3n) is 4.54. The van der Waals surface area contributed by atoms with Crippen molar-refractivity contribution in [2.75, 3.05) is 19.7 Å². The lowest BCUT2D eigenvalue weighted by atomic mass is 9.96. The minimum atomic E-state index is 0.0697. The van der Waals surface area contributed by atoms with Gasteiger partial charge < -0.3 is 14.2 Å². The first-order valence-corrected chi connectivity index (χ1v) is 8.99. The average Bonchev–Trinajstić information content (AvgIpc) is 3.08. The summed E-state index contributed by atoms with van der Waals surface area (Å²) >= 11 is 0. The molecule has 0 N–H and O–H groups in total. The van der Waals surface area contributed by atoms with Crippen LogP contribution in [0.15, 0.2) is 28.8 Å². The highest BCUT2D eigenvalue weighted by molar-refractivity contribution is 5.94. The van der Waals surface area contributed by atoms with Gasteiger partial charge in [-0.1, -0.05) is 18.5 Å². The van der Waals surface area contributed by atoms with Gasteiger partial charge >= 0.3 is 0 Å². The summed E-state index contributed by atoms with van der Waals surface area (Å²) in [5, 5.41) is 3.85. The van der Waals surface area contributed by atoms with Crippen molar-refractivity contribution in [2.24, 2.45) is 0 Å². The zero-order chi connectivity index (χ0) is 17.6. The molecule has 0 spiro atoms. The van der Waals surface area contributed by atoms with E-state index in [1.165, 1.54) is 0 Å². The topological polar surface area (TPSA) is 68.5 Å². The van der Waals surface area contributed by atoms with Crippen LogP contribution in [-0.2, 0) is 0 Å². The zero-order valence-electron chi connectivity index (χ0n) is 14.9. The molecule has 134 valence electrons. The Labute approximate surface area is 148 Å². The highest BCUT2D eigenvalue weighted by Crippen LogP contribution is 2.27. The summed E-state index contributed by atoms with van der Waals surface area (Å²) in [6.07, 6.45) is 3.85. The second-order valence-electron chi connectivity index (χ2n) is 6.47. The quantitative estimate of drug-likeness (QED) is 0.750. The molecule has 0 aliphatic carbocycles. The van der Waals surface area contributed by atoms with E-state index in [9.17, 15) is 4.79 Å². The zero-order valence-corrected chi connectivity index (χ0v) is 14.9. The van der Waals surface area contributed by atoms with E-state index in [0.29, 0.717) is 37.0 Å². The van der Waals surface area contributed by atoms with Gasteiger partial charge in [-0.3, -0.25) is 4.79 Å². The van der Waals surface area contributed by atoms with Gasteiger partial charge in [-0.2, -0.15) is 4.98 Å². The number of aryl methyl sites for hydroxylation is 1. The van der Waals surface area contributed by atoms with E-state index in [1.807, 2.05) is 36.1 Å². The van der Waals surface area contributed by atoms with Crippen LogP contribution in [0.1, 0.15) is 60.6 Å². The van der Waals surface area contributed by atoms with Gasteiger partial charge in [0, 0.05) is 24.6 Å². The summed E-state index contributed by atoms with van der Waals surface area (Å²) in [4.78, 5) is 18.9. The SMILES string of the molecule is CCCCOc1ccc(C(=O)N2CCC(c3nc(C)no3)CC2)cc1. The van der Waals surface area contributed by atoms with Crippen molar-refractivity contribution in [3.8, 4) is 5.75 Å². The number of carbonyl (C=O) groups is 1. The molecule has 25 heavy (non-hydrogen) atoms. The lowest BCUT2D eigenvalue weighted by Crippen LogP contribution is -2.38. The van der Waals surface area contributed by atoms with Crippen LogP contribution in [0.4, 0.5) is 0 Å². The Kier molecular flexibility index (Phi) is 5.68. The Hall–Kier alpha value is -2.37. The Balaban J connectivity index is 1.53. The molecule has 2 heterocycles. The maximum atomic E-state index is 12.7. The molecule has 6 heteroatoms. The molecular weight excluding hydrogens is 318 g/mol. The van der Waals surface area contributed by atoms with E-state index in [0.717, 1.165) is 31.4 Å². The van der Waals surface area contributed by atoms with Crippen LogP contribution >= 0.6 is 0 Å². The molecule has 3 rings (SSSR count). The number of aromatic nitrogens is 2. The fourth-order valence-corrected chi connectivity index (χ4v) is 3.02. The summed E-state index contributed by atoms with van der Waals surface area (Å²) in [6, 6.07) is 7.43. The molecule has 0 unspecified atom stereocenters. The van der Waals surface area contributed by atoms with Crippen LogP contribution in [-0.4, -0.2) is 40.6 Å². The molecule has 0 atom stereocenters. The first-order chi connectivity index (χ1) is 12.2. The number of amides is 1. The maximum Gasteiger partial charge on any atom is 0.253 e. The molecule has 0 radical (unpaired) electrons. The molecule has 1 aliphatic rings. The molecule has 1 aromatic heterocycles. The van der Waals surface area contributed by atoms with Gasteiger partial charge in [-0.25, -0.2) is 0 Å². The van der Waals surface area contributed by atoms with Crippen molar-refractivity contribution < 1.29 is 14.1 Å². The van der Waals surface area contributed by atoms with Crippen LogP contribution in [0.25, 0.3) is 0 Å². The molecule has 6 nitrogen and oxygen atoms in total. The predicted octanol–water partition coefficient (Wildman–Crippen LogP) is 3.58. The van der Waals surface area contributed by atoms with Crippen molar-refractivity contribution in [2.45, 2.75) is 45.4 Å². The van der Waals surface area contributed by atoms with Gasteiger partial charge in [0.1, 0.15) is 5.75 Å². The number of carbonyl (C=O) groups excluding carboxylic acids is 1. The Morgan fingerprint density at radius 2 is 2.00 bits per heavy atom. The van der Waals surface area contributed by atoms with E-state index in [2.05, 4.69) is 17.1 Å². The van der Waals surface area contributed by atoms with Crippen LogP contribution in [0.5, 0.6) is 5.75 Å². The van der Waals surface area contributed by atoms with E-state index in [1.54, 1.807) is 0 Å². The predicted molar refractivity (Wildman–Crippen MR) is 93.8 cm³/mol. The van der Waals surface area contributed by atoms with E-state index in [4.69, 9.17) is 9.26 Å². The standard InChI is InChI=1S/C19H25N3O3/c1-3-4-13-24-17-7-5-16(6-8-17)19(23)22-11-9-15(10-12-22)18-20-14(2)21-25-18/h5-8,15H,3-4,9-13H2,1-2H3. The summed E-state index contributed by atoms with van der Waals surface area (Å²) in [5.74, 6) is 2.49. The molecule has 1 aromatic carbocycles. The number of hydrogen-bond donors (Lipinski definition) is 0. The van der Waals surface area contributed by atoms with Crippen molar-refractivity contribution in [1.29, 1.82) is 0 Å². The van der Waals surface area contributed by atoms with Crippen LogP contribution < -0.4 is 4.74 Å². The van der Waals surface area contributed by atoms with Gasteiger partial charge in [0.25, 0.3) is 5.91 Å². The van der Waals surface area contributed by atoms with E-state index < -0.39 is 0 Å². The minimum Gasteiger partial charge on any atom is -0.494 e. The first kappa shape index (κ1) is 17.5. The molecule has 1 aliphatic heterocycles. The van der Waals surface area contributed by atoms with Gasteiger partial charge in [0.15, 0.2) is 5.82 Å². The monoisotopic (exact) mass is 343 g/mol. The van der Waals surface area contributed by atoms with Crippen molar-refractivity contribution in [1.82, 2.24) is 15.0 Å². The summed E-state index contributed by atoms with van der Waals surface area (Å²) in [5.41, 5.74) is 0.704. The van der Waals surface area contributed by atoms with Gasteiger partial charge in [0.2, 0.25) is 5.89 Å². The van der Waals surface area contributed by atoms with Gasteiger partial charge in [-0.05, 0) is 50.5 Å². The number of benzene rings is 1. The molecule has 1 fully saturated rings. The van der Waals surface area contributed by atoms with Crippen LogP contribution in [0.2, 0.25) is 0 Å². The highest BCUT2D eigenvalue weighted by Gasteiger charge is 2.27. The van der Waals surface area contributed by atoms with E-state index >= 15 is 0 Å². The lowest BCUT2D eigenvalue weighted by molar-refractivity contribution is 0.0704. The number of likely N-dealkylation sites (tertiary alicyclic amines) is 1. The Bertz CT molecular complexity index is 688. The Morgan fingerprint density at radius 3 is 2.60 bits per heavy atom. The minimum absolute atomic E-state index is 0.0697. The normalized spacial score (nSPS) is 15.4. The van der Waals surface area contributed by atoms with Gasteiger partial charge in [-0.15, -0.1) is 0 Å². The van der Waals surface area contributed by atoms with Crippen molar-refractivity contribution in [3.63, 3.8) is 0 Å². The van der Waals surface area contributed by atoms with Crippen molar-refractivity contribution >= 4 is 5.91 Å². The lowest BCUT2D eigenvalue weighted by Gasteiger charge is -2.30. The molecule has 1 amide bonds. The molecule has 2 aromatic rings. The van der Waals surface area contributed by atoms with E-state index in [-0.39, 0.29) is 11.8 Å². The molecular formula is C19H25N3O3. The number of ether oxygens (including phenoxy) is 1. The number of unbranched alkanes of at least 4 members (excludes halogenated alkanes) is 1.